The summed E-state index contributed by atoms with van der Waals surface area (Å²) >= 11 is 2.06. The van der Waals surface area contributed by atoms with Gasteiger partial charge in [-0.1, -0.05) is 18.2 Å². The molecule has 1 aromatic carbocycles. The fraction of sp³-hybridized carbons (Fsp3) is 0.474. The van der Waals surface area contributed by atoms with Gasteiger partial charge in [0.15, 0.2) is 5.96 Å². The maximum atomic E-state index is 4.62. The highest BCUT2D eigenvalue weighted by molar-refractivity contribution is 8.00. The van der Waals surface area contributed by atoms with Gasteiger partial charge in [0.1, 0.15) is 0 Å². The van der Waals surface area contributed by atoms with Gasteiger partial charge in [-0.05, 0) is 50.1 Å². The molecule has 0 saturated carbocycles. The molecule has 3 rings (SSSR count). The SMILES string of the molecule is CN=C(NCc1ccccc1-n1nc(C)cc1C)NCC1CCCS1. The number of benzene rings is 1. The van der Waals surface area contributed by atoms with Gasteiger partial charge in [0.25, 0.3) is 0 Å². The number of aromatic nitrogens is 2. The molecule has 5 nitrogen and oxygen atoms in total. The largest absolute Gasteiger partial charge is 0.355 e. The Morgan fingerprint density at radius 1 is 1.32 bits per heavy atom. The number of aryl methyl sites for hydroxylation is 2. The van der Waals surface area contributed by atoms with Crippen LogP contribution in [-0.4, -0.2) is 40.3 Å². The van der Waals surface area contributed by atoms with Gasteiger partial charge in [-0.15, -0.1) is 0 Å². The van der Waals surface area contributed by atoms with Gasteiger partial charge in [-0.2, -0.15) is 16.9 Å². The van der Waals surface area contributed by atoms with Gasteiger partial charge >= 0.3 is 0 Å². The average Bonchev–Trinajstić information content (AvgIpc) is 3.24. The monoisotopic (exact) mass is 357 g/mol. The summed E-state index contributed by atoms with van der Waals surface area (Å²) in [6.45, 7) is 5.80. The van der Waals surface area contributed by atoms with Crippen LogP contribution in [0.3, 0.4) is 0 Å². The number of rotatable bonds is 5. The Hall–Kier alpha value is -1.95. The number of hydrogen-bond donors (Lipinski definition) is 2. The van der Waals surface area contributed by atoms with Gasteiger partial charge in [0, 0.05) is 31.1 Å². The summed E-state index contributed by atoms with van der Waals surface area (Å²) in [4.78, 5) is 4.35. The number of guanidine groups is 1. The fourth-order valence-corrected chi connectivity index (χ4v) is 4.36. The van der Waals surface area contributed by atoms with Crippen LogP contribution in [0.5, 0.6) is 0 Å². The van der Waals surface area contributed by atoms with Crippen LogP contribution in [-0.2, 0) is 6.54 Å². The summed E-state index contributed by atoms with van der Waals surface area (Å²) in [5.74, 6) is 2.14. The topological polar surface area (TPSA) is 54.2 Å². The smallest absolute Gasteiger partial charge is 0.191 e. The Balaban J connectivity index is 1.65. The molecule has 1 aliphatic heterocycles. The van der Waals surface area contributed by atoms with E-state index in [9.17, 15) is 0 Å². The first kappa shape index (κ1) is 17.9. The van der Waals surface area contributed by atoms with Crippen molar-refractivity contribution in [3.05, 3.63) is 47.3 Å². The van der Waals surface area contributed by atoms with Crippen molar-refractivity contribution in [1.29, 1.82) is 0 Å². The van der Waals surface area contributed by atoms with Crippen LogP contribution in [0, 0.1) is 13.8 Å². The molecule has 0 radical (unpaired) electrons. The van der Waals surface area contributed by atoms with E-state index in [4.69, 9.17) is 0 Å². The van der Waals surface area contributed by atoms with Crippen LogP contribution in [0.1, 0.15) is 29.8 Å². The zero-order valence-corrected chi connectivity index (χ0v) is 16.1. The van der Waals surface area contributed by atoms with Crippen LogP contribution in [0.25, 0.3) is 5.69 Å². The van der Waals surface area contributed by atoms with Gasteiger partial charge < -0.3 is 10.6 Å². The van der Waals surface area contributed by atoms with Crippen molar-refractivity contribution < 1.29 is 0 Å². The molecule has 2 heterocycles. The molecule has 25 heavy (non-hydrogen) atoms. The van der Waals surface area contributed by atoms with Crippen molar-refractivity contribution in [2.75, 3.05) is 19.3 Å². The normalized spacial score (nSPS) is 17.7. The summed E-state index contributed by atoms with van der Waals surface area (Å²) in [7, 11) is 1.82. The number of nitrogens with one attached hydrogen (secondary N) is 2. The summed E-state index contributed by atoms with van der Waals surface area (Å²) in [5, 5.41) is 12.2. The van der Waals surface area contributed by atoms with Gasteiger partial charge in [-0.25, -0.2) is 4.68 Å². The lowest BCUT2D eigenvalue weighted by Gasteiger charge is -2.16. The van der Waals surface area contributed by atoms with Crippen molar-refractivity contribution >= 4 is 17.7 Å². The Morgan fingerprint density at radius 3 is 2.84 bits per heavy atom. The highest BCUT2D eigenvalue weighted by atomic mass is 32.2. The van der Waals surface area contributed by atoms with Crippen molar-refractivity contribution in [2.24, 2.45) is 4.99 Å². The van der Waals surface area contributed by atoms with E-state index in [1.807, 2.05) is 18.7 Å². The Morgan fingerprint density at radius 2 is 2.16 bits per heavy atom. The lowest BCUT2D eigenvalue weighted by atomic mass is 10.1. The van der Waals surface area contributed by atoms with Crippen LogP contribution >= 0.6 is 11.8 Å². The van der Waals surface area contributed by atoms with E-state index in [0.717, 1.165) is 29.6 Å². The van der Waals surface area contributed by atoms with E-state index in [2.05, 4.69) is 69.7 Å². The summed E-state index contributed by atoms with van der Waals surface area (Å²) < 4.78 is 2.01. The third-order valence-electron chi connectivity index (χ3n) is 4.42. The highest BCUT2D eigenvalue weighted by Crippen LogP contribution is 2.25. The van der Waals surface area contributed by atoms with Crippen LogP contribution in [0.15, 0.2) is 35.3 Å². The molecule has 1 unspecified atom stereocenters. The molecule has 2 aromatic rings. The Labute approximate surface area is 154 Å². The van der Waals surface area contributed by atoms with E-state index in [0.29, 0.717) is 11.8 Å². The summed E-state index contributed by atoms with van der Waals surface area (Å²) in [5.41, 5.74) is 4.49. The third-order valence-corrected chi connectivity index (χ3v) is 5.82. The van der Waals surface area contributed by atoms with Crippen molar-refractivity contribution in [3.63, 3.8) is 0 Å². The predicted molar refractivity (Wildman–Crippen MR) is 107 cm³/mol. The molecule has 6 heteroatoms. The molecule has 134 valence electrons. The minimum Gasteiger partial charge on any atom is -0.355 e. The number of thioether (sulfide) groups is 1. The first-order chi connectivity index (χ1) is 12.2. The Bertz CT molecular complexity index is 731. The molecule has 2 N–H and O–H groups in total. The molecular weight excluding hydrogens is 330 g/mol. The Kier molecular flexibility index (Phi) is 6.02. The zero-order chi connectivity index (χ0) is 17.6. The molecule has 0 aliphatic carbocycles. The minimum atomic E-state index is 0.709. The number of aliphatic imine (C=N–C) groups is 1. The van der Waals surface area contributed by atoms with E-state index in [1.165, 1.54) is 24.2 Å². The van der Waals surface area contributed by atoms with Gasteiger partial charge in [-0.3, -0.25) is 4.99 Å². The van der Waals surface area contributed by atoms with Crippen LogP contribution in [0.2, 0.25) is 0 Å². The molecule has 0 spiro atoms. The number of para-hydroxylation sites is 1. The van der Waals surface area contributed by atoms with Crippen molar-refractivity contribution in [3.8, 4) is 5.69 Å². The van der Waals surface area contributed by atoms with Crippen LogP contribution < -0.4 is 10.6 Å². The molecular formula is C19H27N5S. The lowest BCUT2D eigenvalue weighted by molar-refractivity contribution is 0.723. The molecule has 0 bridgehead atoms. The van der Waals surface area contributed by atoms with E-state index in [-0.39, 0.29) is 0 Å². The number of hydrogen-bond acceptors (Lipinski definition) is 3. The van der Waals surface area contributed by atoms with Gasteiger partial charge in [0.2, 0.25) is 0 Å². The molecule has 1 atom stereocenters. The van der Waals surface area contributed by atoms with E-state index in [1.54, 1.807) is 0 Å². The molecule has 1 aromatic heterocycles. The predicted octanol–water partition coefficient (Wildman–Crippen LogP) is 3.05. The molecule has 1 saturated heterocycles. The third kappa shape index (κ3) is 4.57. The van der Waals surface area contributed by atoms with E-state index < -0.39 is 0 Å². The molecule has 1 fully saturated rings. The minimum absolute atomic E-state index is 0.709. The summed E-state index contributed by atoms with van der Waals surface area (Å²) in [6.07, 6.45) is 2.63. The highest BCUT2D eigenvalue weighted by Gasteiger charge is 2.15. The maximum absolute atomic E-state index is 4.62. The first-order valence-corrected chi connectivity index (χ1v) is 9.90. The van der Waals surface area contributed by atoms with Crippen molar-refractivity contribution in [1.82, 2.24) is 20.4 Å². The molecule has 0 amide bonds. The number of nitrogens with zero attached hydrogens (tertiary/aromatic N) is 3. The quantitative estimate of drug-likeness (QED) is 0.638. The second-order valence-corrected chi connectivity index (χ2v) is 7.82. The fourth-order valence-electron chi connectivity index (χ4n) is 3.16. The van der Waals surface area contributed by atoms with E-state index >= 15 is 0 Å². The second-order valence-electron chi connectivity index (χ2n) is 6.41. The second kappa shape index (κ2) is 8.43. The van der Waals surface area contributed by atoms with Gasteiger partial charge in [0.05, 0.1) is 11.4 Å². The molecule has 1 aliphatic rings. The standard InChI is InChI=1S/C19H27N5S/c1-14-11-15(2)24(23-14)18-9-5-4-7-16(18)12-21-19(20-3)22-13-17-8-6-10-25-17/h4-5,7,9,11,17H,6,8,10,12-13H2,1-3H3,(H2,20,21,22). The first-order valence-electron chi connectivity index (χ1n) is 8.85. The summed E-state index contributed by atoms with van der Waals surface area (Å²) in [6, 6.07) is 10.5. The van der Waals surface area contributed by atoms with Crippen molar-refractivity contribution in [2.45, 2.75) is 38.5 Å². The zero-order valence-electron chi connectivity index (χ0n) is 15.2. The van der Waals surface area contributed by atoms with Crippen LogP contribution in [0.4, 0.5) is 0 Å². The lowest BCUT2D eigenvalue weighted by Crippen LogP contribution is -2.39. The average molecular weight is 358 g/mol. The maximum Gasteiger partial charge on any atom is 0.191 e.